The van der Waals surface area contributed by atoms with Crippen LogP contribution in [0, 0.1) is 0 Å². The Kier molecular flexibility index (Phi) is 4.81. The zero-order chi connectivity index (χ0) is 17.3. The van der Waals surface area contributed by atoms with E-state index in [1.54, 1.807) is 12.2 Å². The second-order valence-corrected chi connectivity index (χ2v) is 6.62. The first-order valence-corrected chi connectivity index (χ1v) is 8.12. The van der Waals surface area contributed by atoms with E-state index in [4.69, 9.17) is 0 Å². The summed E-state index contributed by atoms with van der Waals surface area (Å²) in [6.07, 6.45) is -0.444. The molecule has 0 amide bonds. The molecule has 0 heterocycles. The fourth-order valence-electron chi connectivity index (χ4n) is 2.22. The monoisotopic (exact) mass is 349 g/mol. The molecule has 1 aliphatic carbocycles. The fraction of sp³-hybridized carbons (Fsp3) is 0.357. The van der Waals surface area contributed by atoms with Gasteiger partial charge in [-0.2, -0.15) is 13.2 Å². The molecule has 126 valence electrons. The Morgan fingerprint density at radius 2 is 2.04 bits per heavy atom. The minimum absolute atomic E-state index is 0.275. The number of methoxy groups -OCH3 is 1. The predicted molar refractivity (Wildman–Crippen MR) is 75.3 cm³/mol. The van der Waals surface area contributed by atoms with Crippen LogP contribution in [-0.4, -0.2) is 27.5 Å². The van der Waals surface area contributed by atoms with Crippen LogP contribution in [0.2, 0.25) is 0 Å². The van der Waals surface area contributed by atoms with Crippen LogP contribution in [0.15, 0.2) is 35.2 Å². The normalized spacial score (nSPS) is 18.2. The Labute approximate surface area is 131 Å². The van der Waals surface area contributed by atoms with Gasteiger partial charge in [-0.3, -0.25) is 0 Å². The van der Waals surface area contributed by atoms with Gasteiger partial charge < -0.3 is 4.74 Å². The fourth-order valence-corrected chi connectivity index (χ4v) is 3.69. The molecule has 23 heavy (non-hydrogen) atoms. The molecule has 1 atom stereocenters. The summed E-state index contributed by atoms with van der Waals surface area (Å²) >= 11 is 0. The highest BCUT2D eigenvalue weighted by atomic mass is 32.2. The molecule has 0 radical (unpaired) electrons. The maximum absolute atomic E-state index is 13.1. The second kappa shape index (κ2) is 6.32. The summed E-state index contributed by atoms with van der Waals surface area (Å²) in [6.45, 7) is 0. The van der Waals surface area contributed by atoms with Gasteiger partial charge in [-0.1, -0.05) is 12.2 Å². The molecule has 1 aromatic rings. The predicted octanol–water partition coefficient (Wildman–Crippen LogP) is 2.49. The number of allylic oxidation sites excluding steroid dienone is 1. The number of carbonyl (C=O) groups is 1. The Morgan fingerprint density at radius 1 is 1.35 bits per heavy atom. The number of esters is 1. The van der Waals surface area contributed by atoms with Crippen molar-refractivity contribution in [1.82, 2.24) is 4.72 Å². The van der Waals surface area contributed by atoms with Crippen molar-refractivity contribution in [3.63, 3.8) is 0 Å². The van der Waals surface area contributed by atoms with Crippen molar-refractivity contribution < 1.29 is 31.1 Å². The number of ether oxygens (including phenoxy) is 1. The lowest BCUT2D eigenvalue weighted by Gasteiger charge is -2.17. The molecule has 0 fully saturated rings. The molecule has 0 saturated heterocycles. The first kappa shape index (κ1) is 17.5. The second-order valence-electron chi connectivity index (χ2n) is 4.93. The van der Waals surface area contributed by atoms with E-state index >= 15 is 0 Å². The molecular formula is C14H14F3NO4S. The SMILES string of the molecule is COC(=O)c1ccc(C(F)(F)F)c(S(=O)(=O)NC2C=CCC2)c1. The van der Waals surface area contributed by atoms with Crippen LogP contribution in [0.4, 0.5) is 13.2 Å². The maximum Gasteiger partial charge on any atom is 0.417 e. The molecular weight excluding hydrogens is 335 g/mol. The minimum Gasteiger partial charge on any atom is -0.465 e. The maximum atomic E-state index is 13.1. The van der Waals surface area contributed by atoms with Crippen molar-refractivity contribution in [1.29, 1.82) is 0 Å². The van der Waals surface area contributed by atoms with Crippen LogP contribution >= 0.6 is 0 Å². The van der Waals surface area contributed by atoms with Gasteiger partial charge in [0.05, 0.1) is 23.1 Å². The highest BCUT2D eigenvalue weighted by Crippen LogP contribution is 2.35. The number of nitrogens with one attached hydrogen (secondary N) is 1. The lowest BCUT2D eigenvalue weighted by atomic mass is 10.1. The van der Waals surface area contributed by atoms with Crippen LogP contribution < -0.4 is 4.72 Å². The number of carbonyl (C=O) groups excluding carboxylic acids is 1. The average molecular weight is 349 g/mol. The summed E-state index contributed by atoms with van der Waals surface area (Å²) < 4.78 is 70.5. The van der Waals surface area contributed by atoms with E-state index in [0.717, 1.165) is 13.2 Å². The van der Waals surface area contributed by atoms with Gasteiger partial charge >= 0.3 is 12.1 Å². The highest BCUT2D eigenvalue weighted by molar-refractivity contribution is 7.89. The minimum atomic E-state index is -4.87. The van der Waals surface area contributed by atoms with E-state index in [1.807, 2.05) is 0 Å². The topological polar surface area (TPSA) is 72.5 Å². The van der Waals surface area contributed by atoms with E-state index in [2.05, 4.69) is 9.46 Å². The molecule has 2 rings (SSSR count). The summed E-state index contributed by atoms with van der Waals surface area (Å²) in [5.74, 6) is -0.920. The van der Waals surface area contributed by atoms with Gasteiger partial charge in [-0.25, -0.2) is 17.9 Å². The number of alkyl halides is 3. The molecule has 0 aliphatic heterocycles. The Morgan fingerprint density at radius 3 is 2.57 bits per heavy atom. The quantitative estimate of drug-likeness (QED) is 0.670. The van der Waals surface area contributed by atoms with Gasteiger partial charge in [-0.05, 0) is 31.0 Å². The summed E-state index contributed by atoms with van der Waals surface area (Å²) in [5, 5.41) is 0. The molecule has 1 unspecified atom stereocenters. The van der Waals surface area contributed by atoms with Gasteiger partial charge in [0.15, 0.2) is 0 Å². The van der Waals surface area contributed by atoms with E-state index in [1.165, 1.54) is 0 Å². The van der Waals surface area contributed by atoms with Crippen molar-refractivity contribution in [2.45, 2.75) is 30.0 Å². The standard InChI is InChI=1S/C14H14F3NO4S/c1-22-13(19)9-6-7-11(14(15,16)17)12(8-9)23(20,21)18-10-4-2-3-5-10/h2,4,6-8,10,18H,3,5H2,1H3. The number of hydrogen-bond donors (Lipinski definition) is 1. The molecule has 0 aromatic heterocycles. The summed E-state index contributed by atoms with van der Waals surface area (Å²) in [7, 11) is -3.40. The molecule has 0 saturated carbocycles. The number of benzene rings is 1. The lowest BCUT2D eigenvalue weighted by molar-refractivity contribution is -0.139. The molecule has 1 aliphatic rings. The van der Waals surface area contributed by atoms with Crippen molar-refractivity contribution in [3.05, 3.63) is 41.5 Å². The third kappa shape index (κ3) is 3.91. The molecule has 5 nitrogen and oxygen atoms in total. The Bertz CT molecular complexity index is 741. The number of rotatable bonds is 4. The summed E-state index contributed by atoms with van der Waals surface area (Å²) in [6, 6.07) is 1.55. The van der Waals surface area contributed by atoms with E-state index in [0.29, 0.717) is 25.0 Å². The van der Waals surface area contributed by atoms with Gasteiger partial charge in [0.2, 0.25) is 10.0 Å². The first-order valence-electron chi connectivity index (χ1n) is 6.63. The molecule has 1 N–H and O–H groups in total. The van der Waals surface area contributed by atoms with Crippen LogP contribution in [-0.2, 0) is 20.9 Å². The molecule has 0 bridgehead atoms. The third-order valence-electron chi connectivity index (χ3n) is 3.32. The number of sulfonamides is 1. The molecule has 0 spiro atoms. The lowest BCUT2D eigenvalue weighted by Crippen LogP contribution is -2.33. The van der Waals surface area contributed by atoms with Crippen molar-refractivity contribution in [3.8, 4) is 0 Å². The van der Waals surface area contributed by atoms with Crippen LogP contribution in [0.3, 0.4) is 0 Å². The Balaban J connectivity index is 2.51. The molecule has 1 aromatic carbocycles. The summed E-state index contributed by atoms with van der Waals surface area (Å²) in [5.41, 5.74) is -1.61. The van der Waals surface area contributed by atoms with Crippen LogP contribution in [0.5, 0.6) is 0 Å². The van der Waals surface area contributed by atoms with Gasteiger partial charge in [0.1, 0.15) is 0 Å². The molecule has 9 heteroatoms. The van der Waals surface area contributed by atoms with E-state index < -0.39 is 38.7 Å². The smallest absolute Gasteiger partial charge is 0.417 e. The highest BCUT2D eigenvalue weighted by Gasteiger charge is 2.38. The van der Waals surface area contributed by atoms with Crippen LogP contribution in [0.25, 0.3) is 0 Å². The largest absolute Gasteiger partial charge is 0.465 e. The van der Waals surface area contributed by atoms with Gasteiger partial charge in [0.25, 0.3) is 0 Å². The number of hydrogen-bond acceptors (Lipinski definition) is 4. The Hall–Kier alpha value is -1.87. The van der Waals surface area contributed by atoms with E-state index in [-0.39, 0.29) is 5.56 Å². The first-order chi connectivity index (χ1) is 10.6. The van der Waals surface area contributed by atoms with Gasteiger partial charge in [0, 0.05) is 6.04 Å². The van der Waals surface area contributed by atoms with Crippen molar-refractivity contribution >= 4 is 16.0 Å². The van der Waals surface area contributed by atoms with Crippen molar-refractivity contribution in [2.75, 3.05) is 7.11 Å². The van der Waals surface area contributed by atoms with Gasteiger partial charge in [-0.15, -0.1) is 0 Å². The van der Waals surface area contributed by atoms with E-state index in [9.17, 15) is 26.4 Å². The third-order valence-corrected chi connectivity index (χ3v) is 4.85. The average Bonchev–Trinajstić information content (AvgIpc) is 2.97. The van der Waals surface area contributed by atoms with Crippen molar-refractivity contribution in [2.24, 2.45) is 0 Å². The van der Waals surface area contributed by atoms with Crippen LogP contribution in [0.1, 0.15) is 28.8 Å². The zero-order valence-corrected chi connectivity index (χ0v) is 12.9. The summed E-state index contributed by atoms with van der Waals surface area (Å²) in [4.78, 5) is 10.5. The zero-order valence-electron chi connectivity index (χ0n) is 12.1. The number of halogens is 3.